The number of rotatable bonds is 3. The van der Waals surface area contributed by atoms with E-state index < -0.39 is 0 Å². The molecule has 0 saturated carbocycles. The highest BCUT2D eigenvalue weighted by molar-refractivity contribution is 5.52. The van der Waals surface area contributed by atoms with Gasteiger partial charge in [-0.3, -0.25) is 0 Å². The van der Waals surface area contributed by atoms with Crippen LogP contribution >= 0.6 is 0 Å². The smallest absolute Gasteiger partial charge is 0.227 e. The van der Waals surface area contributed by atoms with Gasteiger partial charge in [0.15, 0.2) is 0 Å². The first kappa shape index (κ1) is 14.6. The van der Waals surface area contributed by atoms with E-state index in [0.29, 0.717) is 0 Å². The summed E-state index contributed by atoms with van der Waals surface area (Å²) in [6.45, 7) is 7.31. The third kappa shape index (κ3) is 3.28. The molecule has 0 spiro atoms. The number of nitrogens with zero attached hydrogens (tertiary/aromatic N) is 4. The first-order valence-electron chi connectivity index (χ1n) is 8.35. The summed E-state index contributed by atoms with van der Waals surface area (Å²) in [5.41, 5.74) is 2.65. The summed E-state index contributed by atoms with van der Waals surface area (Å²) in [6, 6.07) is 0. The second kappa shape index (κ2) is 6.60. The van der Waals surface area contributed by atoms with Crippen LogP contribution in [0.5, 0.6) is 0 Å². The molecule has 1 saturated heterocycles. The zero-order chi connectivity index (χ0) is 14.7. The normalized spacial score (nSPS) is 20.0. The van der Waals surface area contributed by atoms with Gasteiger partial charge in [-0.2, -0.15) is 4.98 Å². The van der Waals surface area contributed by atoms with Gasteiger partial charge in [0.05, 0.1) is 5.69 Å². The number of anilines is 2. The third-order valence-electron chi connectivity index (χ3n) is 4.55. The molecule has 21 heavy (non-hydrogen) atoms. The Kier molecular flexibility index (Phi) is 4.58. The predicted octanol–water partition coefficient (Wildman–Crippen LogP) is 1.93. The lowest BCUT2D eigenvalue weighted by molar-refractivity contribution is 0.311. The quantitative estimate of drug-likeness (QED) is 0.861. The summed E-state index contributed by atoms with van der Waals surface area (Å²) >= 11 is 0. The average molecular weight is 289 g/mol. The number of hydrogen-bond acceptors (Lipinski definition) is 5. The lowest BCUT2D eigenvalue weighted by Gasteiger charge is -2.33. The second-order valence-electron chi connectivity index (χ2n) is 6.18. The van der Waals surface area contributed by atoms with Crippen LogP contribution in [0.2, 0.25) is 0 Å². The van der Waals surface area contributed by atoms with Crippen LogP contribution in [-0.2, 0) is 12.8 Å². The summed E-state index contributed by atoms with van der Waals surface area (Å²) in [5.74, 6) is 2.01. The van der Waals surface area contributed by atoms with E-state index in [1.54, 1.807) is 0 Å². The maximum atomic E-state index is 4.92. The van der Waals surface area contributed by atoms with Crippen molar-refractivity contribution in [3.63, 3.8) is 0 Å². The fourth-order valence-corrected chi connectivity index (χ4v) is 3.22. The van der Waals surface area contributed by atoms with Crippen molar-refractivity contribution in [3.8, 4) is 0 Å². The van der Waals surface area contributed by atoms with E-state index >= 15 is 0 Å². The largest absolute Gasteiger partial charge is 0.370 e. The number of aromatic nitrogens is 2. The molecule has 1 N–H and O–H groups in total. The molecule has 2 aliphatic rings. The fraction of sp³-hybridized carbons (Fsp3) is 0.750. The lowest BCUT2D eigenvalue weighted by atomic mass is 10.1. The van der Waals surface area contributed by atoms with Crippen LogP contribution in [0.3, 0.4) is 0 Å². The summed E-state index contributed by atoms with van der Waals surface area (Å²) < 4.78 is 0. The molecule has 0 unspecified atom stereocenters. The molecule has 0 atom stereocenters. The van der Waals surface area contributed by atoms with Crippen LogP contribution in [0.15, 0.2) is 0 Å². The molecule has 0 radical (unpaired) electrons. The van der Waals surface area contributed by atoms with Gasteiger partial charge in [0.1, 0.15) is 5.82 Å². The number of fused-ring (bicyclic) bond motifs is 1. The molecule has 1 aromatic rings. The highest BCUT2D eigenvalue weighted by Gasteiger charge is 2.21. The molecule has 3 rings (SSSR count). The van der Waals surface area contributed by atoms with Gasteiger partial charge in [0, 0.05) is 38.3 Å². The Morgan fingerprint density at radius 1 is 1.00 bits per heavy atom. The molecule has 1 aromatic heterocycles. The van der Waals surface area contributed by atoms with E-state index in [4.69, 9.17) is 9.97 Å². The molecular weight excluding hydrogens is 262 g/mol. The average Bonchev–Trinajstić information content (AvgIpc) is 2.73. The van der Waals surface area contributed by atoms with Gasteiger partial charge in [0.25, 0.3) is 0 Å². The maximum absolute atomic E-state index is 4.92. The van der Waals surface area contributed by atoms with E-state index in [9.17, 15) is 0 Å². The number of likely N-dealkylation sites (N-methyl/N-ethyl adjacent to an activating group) is 1. The minimum absolute atomic E-state index is 0.922. The molecule has 0 aromatic carbocycles. The van der Waals surface area contributed by atoms with Crippen molar-refractivity contribution in [2.24, 2.45) is 0 Å². The number of piperazine rings is 1. The first-order valence-corrected chi connectivity index (χ1v) is 8.35. The highest BCUT2D eigenvalue weighted by Crippen LogP contribution is 2.27. The van der Waals surface area contributed by atoms with E-state index in [2.05, 4.69) is 29.1 Å². The monoisotopic (exact) mass is 289 g/mol. The topological polar surface area (TPSA) is 44.3 Å². The standard InChI is InChI=1S/C16H27N5/c1-3-17-15-13-7-5-4-6-8-14(13)18-16(19-15)21-11-9-20(2)10-12-21/h3-12H2,1-2H3,(H,17,18,19). The Balaban J connectivity index is 1.90. The molecule has 5 nitrogen and oxygen atoms in total. The van der Waals surface area contributed by atoms with Crippen LogP contribution in [0, 0.1) is 0 Å². The van der Waals surface area contributed by atoms with Gasteiger partial charge < -0.3 is 15.1 Å². The van der Waals surface area contributed by atoms with Crippen LogP contribution in [-0.4, -0.2) is 54.6 Å². The van der Waals surface area contributed by atoms with Crippen molar-refractivity contribution >= 4 is 11.8 Å². The lowest BCUT2D eigenvalue weighted by Crippen LogP contribution is -2.45. The predicted molar refractivity (Wildman–Crippen MR) is 87.2 cm³/mol. The van der Waals surface area contributed by atoms with Crippen molar-refractivity contribution in [1.29, 1.82) is 0 Å². The molecule has 116 valence electrons. The SMILES string of the molecule is CCNc1nc(N2CCN(C)CC2)nc2c1CCCCC2. The first-order chi connectivity index (χ1) is 10.3. The van der Waals surface area contributed by atoms with E-state index in [0.717, 1.165) is 57.3 Å². The van der Waals surface area contributed by atoms with Crippen LogP contribution in [0.4, 0.5) is 11.8 Å². The van der Waals surface area contributed by atoms with Gasteiger partial charge in [-0.25, -0.2) is 4.98 Å². The molecule has 1 aliphatic heterocycles. The maximum Gasteiger partial charge on any atom is 0.227 e. The van der Waals surface area contributed by atoms with E-state index in [1.807, 2.05) is 0 Å². The Morgan fingerprint density at radius 3 is 2.52 bits per heavy atom. The molecule has 5 heteroatoms. The van der Waals surface area contributed by atoms with Crippen LogP contribution < -0.4 is 10.2 Å². The number of hydrogen-bond donors (Lipinski definition) is 1. The molecule has 1 fully saturated rings. The fourth-order valence-electron chi connectivity index (χ4n) is 3.22. The van der Waals surface area contributed by atoms with Crippen molar-refractivity contribution in [2.45, 2.75) is 39.0 Å². The van der Waals surface area contributed by atoms with E-state index in [1.165, 1.54) is 30.5 Å². The van der Waals surface area contributed by atoms with Gasteiger partial charge in [-0.05, 0) is 39.7 Å². The number of aryl methyl sites for hydroxylation is 1. The van der Waals surface area contributed by atoms with Crippen LogP contribution in [0.1, 0.15) is 37.4 Å². The summed E-state index contributed by atoms with van der Waals surface area (Å²) in [7, 11) is 2.18. The zero-order valence-electron chi connectivity index (χ0n) is 13.4. The van der Waals surface area contributed by atoms with Gasteiger partial charge in [-0.15, -0.1) is 0 Å². The summed E-state index contributed by atoms with van der Waals surface area (Å²) in [6.07, 6.45) is 6.07. The summed E-state index contributed by atoms with van der Waals surface area (Å²) in [4.78, 5) is 14.5. The second-order valence-corrected chi connectivity index (χ2v) is 6.18. The molecule has 1 aliphatic carbocycles. The third-order valence-corrected chi connectivity index (χ3v) is 4.55. The molecule has 0 bridgehead atoms. The van der Waals surface area contributed by atoms with E-state index in [-0.39, 0.29) is 0 Å². The Morgan fingerprint density at radius 2 is 1.76 bits per heavy atom. The Bertz CT molecular complexity index is 480. The van der Waals surface area contributed by atoms with Crippen LogP contribution in [0.25, 0.3) is 0 Å². The van der Waals surface area contributed by atoms with Crippen molar-refractivity contribution in [1.82, 2.24) is 14.9 Å². The minimum Gasteiger partial charge on any atom is -0.370 e. The Labute approximate surface area is 127 Å². The Hall–Kier alpha value is -1.36. The number of nitrogens with one attached hydrogen (secondary N) is 1. The highest BCUT2D eigenvalue weighted by atomic mass is 15.3. The molecule has 2 heterocycles. The molecular formula is C16H27N5. The van der Waals surface area contributed by atoms with Crippen molar-refractivity contribution in [3.05, 3.63) is 11.3 Å². The van der Waals surface area contributed by atoms with Gasteiger partial charge in [-0.1, -0.05) is 6.42 Å². The van der Waals surface area contributed by atoms with Gasteiger partial charge in [0.2, 0.25) is 5.95 Å². The molecule has 0 amide bonds. The minimum atomic E-state index is 0.922. The van der Waals surface area contributed by atoms with Crippen molar-refractivity contribution < 1.29 is 0 Å². The summed E-state index contributed by atoms with van der Waals surface area (Å²) in [5, 5.41) is 3.46. The zero-order valence-corrected chi connectivity index (χ0v) is 13.4. The van der Waals surface area contributed by atoms with Gasteiger partial charge >= 0.3 is 0 Å². The van der Waals surface area contributed by atoms with Crippen molar-refractivity contribution in [2.75, 3.05) is 50.0 Å².